The topological polar surface area (TPSA) is 3.24 Å². The lowest BCUT2D eigenvalue weighted by Gasteiger charge is -2.31. The Morgan fingerprint density at radius 3 is 1.59 bits per heavy atom. The van der Waals surface area contributed by atoms with Crippen LogP contribution in [-0.4, -0.2) is 0 Å². The van der Waals surface area contributed by atoms with Gasteiger partial charge in [0.25, 0.3) is 0 Å². The van der Waals surface area contributed by atoms with Crippen LogP contribution in [0.5, 0.6) is 0 Å². The molecule has 0 N–H and O–H groups in total. The van der Waals surface area contributed by atoms with E-state index < -0.39 is 0 Å². The Kier molecular flexibility index (Phi) is 5.75. The highest BCUT2D eigenvalue weighted by atomic mass is 15.1. The normalized spacial score (nSPS) is 14.9. The van der Waals surface area contributed by atoms with E-state index in [4.69, 9.17) is 0 Å². The van der Waals surface area contributed by atoms with Crippen LogP contribution in [-0.2, 0) is 10.8 Å². The Hall–Kier alpha value is -5.66. The van der Waals surface area contributed by atoms with Crippen molar-refractivity contribution in [2.45, 2.75) is 38.5 Å². The summed E-state index contributed by atoms with van der Waals surface area (Å²) in [6, 6.07) is 56.6. The molecular formula is C48H37N. The number of anilines is 3. The molecular weight excluding hydrogens is 591 g/mol. The summed E-state index contributed by atoms with van der Waals surface area (Å²) >= 11 is 0. The van der Waals surface area contributed by atoms with Crippen molar-refractivity contribution in [3.05, 3.63) is 174 Å². The average molecular weight is 628 g/mol. The summed E-state index contributed by atoms with van der Waals surface area (Å²) in [6.07, 6.45) is 0. The molecule has 8 aromatic rings. The van der Waals surface area contributed by atoms with Crippen molar-refractivity contribution >= 4 is 49.4 Å². The first kappa shape index (κ1) is 28.4. The van der Waals surface area contributed by atoms with Gasteiger partial charge >= 0.3 is 0 Å². The molecule has 0 saturated carbocycles. The minimum atomic E-state index is -0.154. The van der Waals surface area contributed by atoms with E-state index in [0.29, 0.717) is 0 Å². The molecule has 0 amide bonds. The molecule has 0 unspecified atom stereocenters. The van der Waals surface area contributed by atoms with Gasteiger partial charge in [0.15, 0.2) is 0 Å². The maximum Gasteiger partial charge on any atom is 0.0543 e. The molecule has 234 valence electrons. The second kappa shape index (κ2) is 9.94. The average Bonchev–Trinajstić information content (AvgIpc) is 3.52. The van der Waals surface area contributed by atoms with Gasteiger partial charge in [-0.2, -0.15) is 0 Å². The van der Waals surface area contributed by atoms with Crippen LogP contribution in [0.2, 0.25) is 0 Å². The largest absolute Gasteiger partial charge is 0.310 e. The van der Waals surface area contributed by atoms with Crippen molar-refractivity contribution < 1.29 is 0 Å². The van der Waals surface area contributed by atoms with Gasteiger partial charge in [-0.1, -0.05) is 149 Å². The van der Waals surface area contributed by atoms with Crippen molar-refractivity contribution in [1.29, 1.82) is 0 Å². The van der Waals surface area contributed by atoms with Crippen molar-refractivity contribution in [1.82, 2.24) is 0 Å². The van der Waals surface area contributed by atoms with E-state index in [2.05, 4.69) is 184 Å². The van der Waals surface area contributed by atoms with Gasteiger partial charge in [0.2, 0.25) is 0 Å². The number of benzene rings is 8. The van der Waals surface area contributed by atoms with Crippen molar-refractivity contribution in [3.63, 3.8) is 0 Å². The fraction of sp³-hybridized carbons (Fsp3) is 0.125. The van der Waals surface area contributed by atoms with Gasteiger partial charge in [0, 0.05) is 27.6 Å². The maximum absolute atomic E-state index is 2.50. The minimum Gasteiger partial charge on any atom is -0.310 e. The van der Waals surface area contributed by atoms with Gasteiger partial charge in [-0.3, -0.25) is 0 Å². The van der Waals surface area contributed by atoms with Crippen LogP contribution < -0.4 is 4.90 Å². The standard InChI is InChI=1S/C48H37N/c1-47(2)39-26-22-30-14-8-10-18-34(30)44(39)38-25-24-33(28-41(38)47)49(32-16-6-5-7-17-32)43-29-42-46(37-21-13-12-20-36(37)43)45-35-19-11-9-15-31(35)23-27-40(45)48(42,3)4/h5-29H,1-4H3. The van der Waals surface area contributed by atoms with Gasteiger partial charge in [-0.05, 0) is 102 Å². The van der Waals surface area contributed by atoms with Crippen molar-refractivity contribution in [2.24, 2.45) is 0 Å². The van der Waals surface area contributed by atoms with E-state index in [-0.39, 0.29) is 10.8 Å². The third-order valence-corrected chi connectivity index (χ3v) is 11.6. The first-order chi connectivity index (χ1) is 23.8. The highest BCUT2D eigenvalue weighted by molar-refractivity contribution is 6.15. The number of para-hydroxylation sites is 1. The van der Waals surface area contributed by atoms with Gasteiger partial charge < -0.3 is 4.90 Å². The Labute approximate surface area is 288 Å². The smallest absolute Gasteiger partial charge is 0.0543 e. The first-order valence-corrected chi connectivity index (χ1v) is 17.5. The van der Waals surface area contributed by atoms with E-state index in [1.807, 2.05) is 0 Å². The number of hydrogen-bond donors (Lipinski definition) is 0. The predicted molar refractivity (Wildman–Crippen MR) is 209 cm³/mol. The molecule has 1 nitrogen and oxygen atoms in total. The van der Waals surface area contributed by atoms with E-state index >= 15 is 0 Å². The molecule has 0 aliphatic heterocycles. The highest BCUT2D eigenvalue weighted by Gasteiger charge is 2.40. The molecule has 2 aliphatic rings. The SMILES string of the molecule is CC1(C)c2cc(N(c3ccccc3)c3cc4c(c5ccccc35)-c3c(ccc5ccccc35)C4(C)C)ccc2-c2c1ccc1ccccc21. The summed E-state index contributed by atoms with van der Waals surface area (Å²) in [7, 11) is 0. The Morgan fingerprint density at radius 2 is 0.898 bits per heavy atom. The Morgan fingerprint density at radius 1 is 0.367 bits per heavy atom. The summed E-state index contributed by atoms with van der Waals surface area (Å²) in [6.45, 7) is 9.57. The lowest BCUT2D eigenvalue weighted by atomic mass is 9.81. The lowest BCUT2D eigenvalue weighted by molar-refractivity contribution is 0.660. The van der Waals surface area contributed by atoms with Gasteiger partial charge in [-0.25, -0.2) is 0 Å². The molecule has 0 bridgehead atoms. The van der Waals surface area contributed by atoms with Crippen LogP contribution in [0, 0.1) is 0 Å². The van der Waals surface area contributed by atoms with Crippen LogP contribution in [0.25, 0.3) is 54.6 Å². The highest BCUT2D eigenvalue weighted by Crippen LogP contribution is 2.57. The molecule has 0 fully saturated rings. The second-order valence-corrected chi connectivity index (χ2v) is 14.9. The van der Waals surface area contributed by atoms with E-state index in [1.54, 1.807) is 0 Å². The zero-order chi connectivity index (χ0) is 33.1. The van der Waals surface area contributed by atoms with E-state index in [9.17, 15) is 0 Å². The number of rotatable bonds is 3. The molecule has 0 spiro atoms. The molecule has 2 aliphatic carbocycles. The zero-order valence-corrected chi connectivity index (χ0v) is 28.4. The van der Waals surface area contributed by atoms with E-state index in [0.717, 1.165) is 5.69 Å². The van der Waals surface area contributed by atoms with Crippen molar-refractivity contribution in [2.75, 3.05) is 4.90 Å². The molecule has 10 rings (SSSR count). The minimum absolute atomic E-state index is 0.127. The summed E-state index contributed by atoms with van der Waals surface area (Å²) in [5.41, 5.74) is 14.3. The van der Waals surface area contributed by atoms with Crippen LogP contribution in [0.4, 0.5) is 17.1 Å². The van der Waals surface area contributed by atoms with Gasteiger partial charge in [-0.15, -0.1) is 0 Å². The third-order valence-electron chi connectivity index (χ3n) is 11.6. The fourth-order valence-electron chi connectivity index (χ4n) is 9.15. The van der Waals surface area contributed by atoms with Crippen LogP contribution in [0.1, 0.15) is 49.9 Å². The fourth-order valence-corrected chi connectivity index (χ4v) is 9.15. The van der Waals surface area contributed by atoms with Gasteiger partial charge in [0.05, 0.1) is 5.69 Å². The second-order valence-electron chi connectivity index (χ2n) is 14.9. The molecule has 0 aromatic heterocycles. The summed E-state index contributed by atoms with van der Waals surface area (Å²) < 4.78 is 0. The molecule has 1 heteroatoms. The quantitative estimate of drug-likeness (QED) is 0.188. The van der Waals surface area contributed by atoms with Crippen LogP contribution >= 0.6 is 0 Å². The van der Waals surface area contributed by atoms with E-state index in [1.165, 1.54) is 88.2 Å². The first-order valence-electron chi connectivity index (χ1n) is 17.5. The summed E-state index contributed by atoms with van der Waals surface area (Å²) in [4.78, 5) is 2.50. The summed E-state index contributed by atoms with van der Waals surface area (Å²) in [5.74, 6) is 0. The Bertz CT molecular complexity index is 2660. The predicted octanol–water partition coefficient (Wildman–Crippen LogP) is 13.2. The van der Waals surface area contributed by atoms with Crippen LogP contribution in [0.15, 0.2) is 152 Å². The molecule has 0 atom stereocenters. The lowest BCUT2D eigenvalue weighted by Crippen LogP contribution is -2.18. The molecule has 49 heavy (non-hydrogen) atoms. The molecule has 0 saturated heterocycles. The van der Waals surface area contributed by atoms with Crippen molar-refractivity contribution in [3.8, 4) is 22.3 Å². The summed E-state index contributed by atoms with van der Waals surface area (Å²) in [5, 5.41) is 7.81. The van der Waals surface area contributed by atoms with Gasteiger partial charge in [0.1, 0.15) is 0 Å². The third kappa shape index (κ3) is 3.82. The molecule has 8 aromatic carbocycles. The van der Waals surface area contributed by atoms with Crippen LogP contribution in [0.3, 0.4) is 0 Å². The number of hydrogen-bond acceptors (Lipinski definition) is 1. The number of fused-ring (bicyclic) bond motifs is 12. The Balaban J connectivity index is 1.25. The maximum atomic E-state index is 2.50. The number of nitrogens with zero attached hydrogens (tertiary/aromatic N) is 1. The zero-order valence-electron chi connectivity index (χ0n) is 28.4. The monoisotopic (exact) mass is 627 g/mol. The molecule has 0 radical (unpaired) electrons. The molecule has 0 heterocycles.